The van der Waals surface area contributed by atoms with E-state index in [0.29, 0.717) is 43.1 Å². The first-order chi connectivity index (χ1) is 15.3. The number of nitrogens with one attached hydrogen (secondary N) is 3. The van der Waals surface area contributed by atoms with Crippen molar-refractivity contribution in [3.8, 4) is 0 Å². The number of hydrogen-bond donors (Lipinski definition) is 3. The van der Waals surface area contributed by atoms with Crippen molar-refractivity contribution in [2.45, 2.75) is 45.2 Å². The summed E-state index contributed by atoms with van der Waals surface area (Å²) in [5.41, 5.74) is 2.81. The Labute approximate surface area is 193 Å². The highest BCUT2D eigenvalue weighted by Gasteiger charge is 2.27. The van der Waals surface area contributed by atoms with Crippen LogP contribution in [-0.4, -0.2) is 47.9 Å². The Morgan fingerprint density at radius 1 is 1.03 bits per heavy atom. The van der Waals surface area contributed by atoms with E-state index in [4.69, 9.17) is 11.6 Å². The van der Waals surface area contributed by atoms with Gasteiger partial charge in [-0.05, 0) is 49.6 Å². The van der Waals surface area contributed by atoms with Gasteiger partial charge < -0.3 is 20.9 Å². The topological polar surface area (TPSA) is 90.5 Å². The van der Waals surface area contributed by atoms with Crippen LogP contribution >= 0.6 is 11.6 Å². The summed E-state index contributed by atoms with van der Waals surface area (Å²) in [6.45, 7) is 4.48. The van der Waals surface area contributed by atoms with Gasteiger partial charge in [-0.15, -0.1) is 0 Å². The molecular weight excluding hydrogens is 428 g/mol. The fraction of sp³-hybridized carbons (Fsp3) is 0.375. The van der Waals surface area contributed by atoms with Gasteiger partial charge in [-0.3, -0.25) is 9.59 Å². The zero-order valence-electron chi connectivity index (χ0n) is 18.4. The van der Waals surface area contributed by atoms with Gasteiger partial charge in [-0.1, -0.05) is 41.4 Å². The predicted octanol–water partition coefficient (Wildman–Crippen LogP) is 3.51. The van der Waals surface area contributed by atoms with Crippen LogP contribution in [0.5, 0.6) is 0 Å². The van der Waals surface area contributed by atoms with Crippen LogP contribution in [0.3, 0.4) is 0 Å². The second-order valence-electron chi connectivity index (χ2n) is 8.15. The molecule has 0 unspecified atom stereocenters. The molecule has 0 saturated carbocycles. The number of amides is 4. The summed E-state index contributed by atoms with van der Waals surface area (Å²) in [5.74, 6) is -0.448. The SMILES string of the molecule is CC(=O)N[C@@H](Cc1ccc(C)cc1)C(=O)NC1CCN(C(=O)Nc2ccc(Cl)cc2)CC1. The van der Waals surface area contributed by atoms with Crippen LogP contribution in [0.4, 0.5) is 10.5 Å². The van der Waals surface area contributed by atoms with Crippen LogP contribution in [-0.2, 0) is 16.0 Å². The molecular formula is C24H29ClN4O3. The standard InChI is InChI=1S/C24H29ClN4O3/c1-16-3-5-18(6-4-16)15-22(26-17(2)30)23(31)27-21-11-13-29(14-12-21)24(32)28-20-9-7-19(25)8-10-20/h3-10,21-22H,11-15H2,1-2H3,(H,26,30)(H,27,31)(H,28,32)/t22-/m0/s1. The zero-order chi connectivity index (χ0) is 23.1. The van der Waals surface area contributed by atoms with Crippen LogP contribution in [0.2, 0.25) is 5.02 Å². The molecule has 1 aliphatic heterocycles. The molecule has 0 spiro atoms. The van der Waals surface area contributed by atoms with Gasteiger partial charge in [-0.2, -0.15) is 0 Å². The Morgan fingerprint density at radius 3 is 2.25 bits per heavy atom. The minimum absolute atomic E-state index is 0.0450. The average Bonchev–Trinajstić information content (AvgIpc) is 2.76. The molecule has 4 amide bonds. The lowest BCUT2D eigenvalue weighted by molar-refractivity contribution is -0.128. The summed E-state index contributed by atoms with van der Waals surface area (Å²) in [5, 5.41) is 9.27. The van der Waals surface area contributed by atoms with Gasteiger partial charge in [0.1, 0.15) is 6.04 Å². The minimum atomic E-state index is -0.638. The lowest BCUT2D eigenvalue weighted by Crippen LogP contribution is -2.53. The average molecular weight is 457 g/mol. The molecule has 0 bridgehead atoms. The summed E-state index contributed by atoms with van der Waals surface area (Å²) in [6, 6.07) is 14.0. The summed E-state index contributed by atoms with van der Waals surface area (Å²) in [7, 11) is 0. The molecule has 32 heavy (non-hydrogen) atoms. The van der Waals surface area contributed by atoms with Gasteiger partial charge in [0.15, 0.2) is 0 Å². The molecule has 1 fully saturated rings. The molecule has 1 saturated heterocycles. The molecule has 0 radical (unpaired) electrons. The van der Waals surface area contributed by atoms with E-state index in [1.807, 2.05) is 31.2 Å². The summed E-state index contributed by atoms with van der Waals surface area (Å²) < 4.78 is 0. The quantitative estimate of drug-likeness (QED) is 0.621. The molecule has 3 N–H and O–H groups in total. The smallest absolute Gasteiger partial charge is 0.321 e. The third kappa shape index (κ3) is 6.99. The maximum absolute atomic E-state index is 12.9. The molecule has 1 aliphatic rings. The van der Waals surface area contributed by atoms with E-state index >= 15 is 0 Å². The van der Waals surface area contributed by atoms with E-state index in [1.54, 1.807) is 29.2 Å². The van der Waals surface area contributed by atoms with E-state index in [2.05, 4.69) is 16.0 Å². The summed E-state index contributed by atoms with van der Waals surface area (Å²) in [6.07, 6.45) is 1.72. The molecule has 8 heteroatoms. The van der Waals surface area contributed by atoms with Gasteiger partial charge in [0.2, 0.25) is 11.8 Å². The molecule has 2 aromatic carbocycles. The van der Waals surface area contributed by atoms with E-state index in [-0.39, 0.29) is 23.9 Å². The largest absolute Gasteiger partial charge is 0.351 e. The number of anilines is 1. The highest BCUT2D eigenvalue weighted by molar-refractivity contribution is 6.30. The molecule has 0 aliphatic carbocycles. The number of rotatable bonds is 6. The highest BCUT2D eigenvalue weighted by Crippen LogP contribution is 2.16. The molecule has 1 atom stereocenters. The van der Waals surface area contributed by atoms with Crippen LogP contribution in [0.1, 0.15) is 30.9 Å². The first kappa shape index (κ1) is 23.6. The Hall–Kier alpha value is -3.06. The number of urea groups is 1. The first-order valence-corrected chi connectivity index (χ1v) is 11.1. The van der Waals surface area contributed by atoms with Gasteiger partial charge in [0, 0.05) is 43.2 Å². The lowest BCUT2D eigenvalue weighted by Gasteiger charge is -2.33. The number of carbonyl (C=O) groups excluding carboxylic acids is 3. The number of piperidine rings is 1. The second kappa shape index (κ2) is 11.0. The number of halogens is 1. The van der Waals surface area contributed by atoms with E-state index in [0.717, 1.165) is 11.1 Å². The highest BCUT2D eigenvalue weighted by atomic mass is 35.5. The van der Waals surface area contributed by atoms with Crippen molar-refractivity contribution in [1.82, 2.24) is 15.5 Å². The maximum atomic E-state index is 12.9. The van der Waals surface area contributed by atoms with Crippen molar-refractivity contribution in [1.29, 1.82) is 0 Å². The zero-order valence-corrected chi connectivity index (χ0v) is 19.1. The van der Waals surface area contributed by atoms with Crippen molar-refractivity contribution in [3.63, 3.8) is 0 Å². The monoisotopic (exact) mass is 456 g/mol. The predicted molar refractivity (Wildman–Crippen MR) is 126 cm³/mol. The van der Waals surface area contributed by atoms with E-state index in [9.17, 15) is 14.4 Å². The van der Waals surface area contributed by atoms with Crippen molar-refractivity contribution >= 4 is 35.1 Å². The fourth-order valence-corrected chi connectivity index (χ4v) is 3.80. The number of benzene rings is 2. The summed E-state index contributed by atoms with van der Waals surface area (Å²) >= 11 is 5.88. The van der Waals surface area contributed by atoms with Gasteiger partial charge in [0.05, 0.1) is 0 Å². The number of nitrogens with zero attached hydrogens (tertiary/aromatic N) is 1. The Bertz CT molecular complexity index is 939. The van der Waals surface area contributed by atoms with Gasteiger partial charge >= 0.3 is 6.03 Å². The van der Waals surface area contributed by atoms with Crippen molar-refractivity contribution in [2.75, 3.05) is 18.4 Å². The maximum Gasteiger partial charge on any atom is 0.321 e. The Kier molecular flexibility index (Phi) is 8.11. The normalized spacial score (nSPS) is 15.0. The van der Waals surface area contributed by atoms with Crippen LogP contribution in [0.15, 0.2) is 48.5 Å². The molecule has 3 rings (SSSR count). The van der Waals surface area contributed by atoms with Gasteiger partial charge in [0.25, 0.3) is 0 Å². The van der Waals surface area contributed by atoms with E-state index in [1.165, 1.54) is 6.92 Å². The van der Waals surface area contributed by atoms with Crippen LogP contribution in [0.25, 0.3) is 0 Å². The Morgan fingerprint density at radius 2 is 1.66 bits per heavy atom. The molecule has 0 aromatic heterocycles. The van der Waals surface area contributed by atoms with Gasteiger partial charge in [-0.25, -0.2) is 4.79 Å². The third-order valence-corrected chi connectivity index (χ3v) is 5.73. The molecule has 1 heterocycles. The second-order valence-corrected chi connectivity index (χ2v) is 8.59. The molecule has 170 valence electrons. The number of aryl methyl sites for hydroxylation is 1. The molecule has 7 nitrogen and oxygen atoms in total. The fourth-order valence-electron chi connectivity index (χ4n) is 3.68. The first-order valence-electron chi connectivity index (χ1n) is 10.7. The number of likely N-dealkylation sites (tertiary alicyclic amines) is 1. The lowest BCUT2D eigenvalue weighted by atomic mass is 10.0. The minimum Gasteiger partial charge on any atom is -0.351 e. The third-order valence-electron chi connectivity index (χ3n) is 5.48. The van der Waals surface area contributed by atoms with E-state index < -0.39 is 6.04 Å². The van der Waals surface area contributed by atoms with Crippen molar-refractivity contribution in [3.05, 3.63) is 64.7 Å². The molecule has 2 aromatic rings. The van der Waals surface area contributed by atoms with Crippen molar-refractivity contribution < 1.29 is 14.4 Å². The number of hydrogen-bond acceptors (Lipinski definition) is 3. The van der Waals surface area contributed by atoms with Crippen molar-refractivity contribution in [2.24, 2.45) is 0 Å². The van der Waals surface area contributed by atoms with Crippen LogP contribution in [0, 0.1) is 6.92 Å². The van der Waals surface area contributed by atoms with Crippen LogP contribution < -0.4 is 16.0 Å². The summed E-state index contributed by atoms with van der Waals surface area (Å²) in [4.78, 5) is 38.7. The Balaban J connectivity index is 1.50. The number of carbonyl (C=O) groups is 3.